The van der Waals surface area contributed by atoms with Gasteiger partial charge in [-0.3, -0.25) is 9.48 Å². The van der Waals surface area contributed by atoms with Gasteiger partial charge >= 0.3 is 0 Å². The number of carbonyl (C=O) groups excluding carboxylic acids is 1. The van der Waals surface area contributed by atoms with Crippen molar-refractivity contribution < 1.29 is 4.79 Å². The van der Waals surface area contributed by atoms with Gasteiger partial charge in [-0.25, -0.2) is 0 Å². The molecular weight excluding hydrogens is 274 g/mol. The molecule has 2 N–H and O–H groups in total. The number of rotatable bonds is 5. The summed E-state index contributed by atoms with van der Waals surface area (Å²) < 4.78 is 4.36. The lowest BCUT2D eigenvalue weighted by Crippen LogP contribution is -2.28. The maximum Gasteiger partial charge on any atom is 0.221 e. The van der Waals surface area contributed by atoms with Crippen molar-refractivity contribution in [1.82, 2.24) is 24.6 Å². The summed E-state index contributed by atoms with van der Waals surface area (Å²) in [4.78, 5) is 14.9. The average molecular weight is 295 g/mol. The van der Waals surface area contributed by atoms with Crippen LogP contribution in [0.1, 0.15) is 26.0 Å². The number of hydrogen-bond donors (Lipinski definition) is 2. The Balaban J connectivity index is 2.12. The van der Waals surface area contributed by atoms with Gasteiger partial charge in [0.15, 0.2) is 10.4 Å². The summed E-state index contributed by atoms with van der Waals surface area (Å²) in [6, 6.07) is 0. The molecule has 20 heavy (non-hydrogen) atoms. The Labute approximate surface area is 123 Å². The molecule has 0 aliphatic heterocycles. The van der Waals surface area contributed by atoms with Crippen molar-refractivity contribution >= 4 is 29.3 Å². The first-order valence-corrected chi connectivity index (χ1v) is 7.19. The van der Waals surface area contributed by atoms with Crippen LogP contribution in [0.15, 0.2) is 0 Å². The largest absolute Gasteiger partial charge is 0.356 e. The van der Waals surface area contributed by atoms with Crippen molar-refractivity contribution in [3.63, 3.8) is 0 Å². The molecule has 0 bridgehead atoms. The first kappa shape index (κ1) is 14.8. The second-order valence-electron chi connectivity index (χ2n) is 5.44. The Hall–Kier alpha value is -1.63. The molecule has 0 saturated heterocycles. The van der Waals surface area contributed by atoms with E-state index in [1.165, 1.54) is 0 Å². The fourth-order valence-corrected chi connectivity index (χ4v) is 2.48. The molecule has 0 aliphatic carbocycles. The zero-order valence-corrected chi connectivity index (χ0v) is 13.2. The number of nitrogens with one attached hydrogen (secondary N) is 2. The van der Waals surface area contributed by atoms with Crippen LogP contribution in [0, 0.1) is 17.6 Å². The Bertz CT molecular complexity index is 679. The fourth-order valence-electron chi connectivity index (χ4n) is 2.20. The van der Waals surface area contributed by atoms with E-state index in [9.17, 15) is 4.79 Å². The van der Waals surface area contributed by atoms with E-state index in [-0.39, 0.29) is 5.91 Å². The number of imidazole rings is 1. The molecule has 2 aromatic heterocycles. The summed E-state index contributed by atoms with van der Waals surface area (Å²) in [6.07, 6.45) is 0.415. The monoisotopic (exact) mass is 295 g/mol. The molecule has 2 rings (SSSR count). The van der Waals surface area contributed by atoms with Gasteiger partial charge in [-0.05, 0) is 25.1 Å². The number of aryl methyl sites for hydroxylation is 3. The fraction of sp³-hybridized carbons (Fsp3) is 0.615. The van der Waals surface area contributed by atoms with Gasteiger partial charge in [0.2, 0.25) is 5.91 Å². The van der Waals surface area contributed by atoms with Crippen LogP contribution in [0.25, 0.3) is 11.2 Å². The van der Waals surface area contributed by atoms with Crippen molar-refractivity contribution in [3.8, 4) is 0 Å². The van der Waals surface area contributed by atoms with Crippen molar-refractivity contribution in [2.45, 2.75) is 33.7 Å². The van der Waals surface area contributed by atoms with E-state index in [0.717, 1.165) is 16.9 Å². The predicted molar refractivity (Wildman–Crippen MR) is 81.1 cm³/mol. The number of amides is 1. The lowest BCUT2D eigenvalue weighted by atomic mass is 10.2. The molecule has 0 spiro atoms. The predicted octanol–water partition coefficient (Wildman–Crippen LogP) is 1.90. The van der Waals surface area contributed by atoms with E-state index >= 15 is 0 Å². The lowest BCUT2D eigenvalue weighted by molar-refractivity contribution is -0.121. The van der Waals surface area contributed by atoms with Gasteiger partial charge in [-0.2, -0.15) is 5.10 Å². The minimum absolute atomic E-state index is 0.0499. The first-order chi connectivity index (χ1) is 9.40. The van der Waals surface area contributed by atoms with Gasteiger partial charge in [-0.15, -0.1) is 0 Å². The second-order valence-corrected chi connectivity index (χ2v) is 5.82. The topological polar surface area (TPSA) is 67.6 Å². The number of H-pyrrole nitrogens is 1. The van der Waals surface area contributed by atoms with Crippen molar-refractivity contribution in [3.05, 3.63) is 10.5 Å². The highest BCUT2D eigenvalue weighted by Crippen LogP contribution is 2.17. The molecule has 0 aromatic carbocycles. The third-order valence-corrected chi connectivity index (χ3v) is 3.52. The number of aromatic amines is 1. The van der Waals surface area contributed by atoms with E-state index in [4.69, 9.17) is 12.2 Å². The van der Waals surface area contributed by atoms with Crippen LogP contribution in [0.5, 0.6) is 0 Å². The van der Waals surface area contributed by atoms with Crippen LogP contribution in [-0.4, -0.2) is 31.8 Å². The molecule has 0 unspecified atom stereocenters. The number of fused-ring (bicyclic) bond motifs is 1. The quantitative estimate of drug-likeness (QED) is 0.828. The van der Waals surface area contributed by atoms with Crippen molar-refractivity contribution in [1.29, 1.82) is 0 Å². The van der Waals surface area contributed by atoms with E-state index in [1.807, 2.05) is 18.5 Å². The molecule has 0 aliphatic rings. The minimum Gasteiger partial charge on any atom is -0.356 e. The van der Waals surface area contributed by atoms with Crippen LogP contribution in [0.2, 0.25) is 0 Å². The highest BCUT2D eigenvalue weighted by Gasteiger charge is 2.13. The molecular formula is C13H21N5OS. The lowest BCUT2D eigenvalue weighted by Gasteiger charge is -2.08. The Kier molecular flexibility index (Phi) is 4.27. The number of nitrogens with zero attached hydrogens (tertiary/aromatic N) is 3. The minimum atomic E-state index is 0.0499. The normalized spacial score (nSPS) is 11.4. The summed E-state index contributed by atoms with van der Waals surface area (Å²) in [5.74, 6) is 0.508. The van der Waals surface area contributed by atoms with Gasteiger partial charge in [-0.1, -0.05) is 13.8 Å². The highest BCUT2D eigenvalue weighted by atomic mass is 32.1. The molecule has 0 fully saturated rings. The molecule has 0 atom stereocenters. The number of aromatic nitrogens is 4. The molecule has 0 radical (unpaired) electrons. The molecule has 2 aromatic rings. The van der Waals surface area contributed by atoms with Gasteiger partial charge < -0.3 is 14.9 Å². The van der Waals surface area contributed by atoms with Gasteiger partial charge in [0.25, 0.3) is 0 Å². The van der Waals surface area contributed by atoms with E-state index in [0.29, 0.717) is 30.2 Å². The Morgan fingerprint density at radius 1 is 1.50 bits per heavy atom. The summed E-state index contributed by atoms with van der Waals surface area (Å²) in [5, 5.41) is 7.27. The second kappa shape index (κ2) is 5.78. The zero-order valence-electron chi connectivity index (χ0n) is 12.4. The van der Waals surface area contributed by atoms with Crippen LogP contribution in [-0.2, 0) is 18.4 Å². The van der Waals surface area contributed by atoms with Crippen LogP contribution >= 0.6 is 12.2 Å². The van der Waals surface area contributed by atoms with E-state index < -0.39 is 0 Å². The average Bonchev–Trinajstić information content (AvgIpc) is 2.83. The molecule has 7 heteroatoms. The van der Waals surface area contributed by atoms with E-state index in [2.05, 4.69) is 29.2 Å². The maximum absolute atomic E-state index is 11.8. The van der Waals surface area contributed by atoms with Gasteiger partial charge in [0, 0.05) is 26.6 Å². The molecule has 1 amide bonds. The Morgan fingerprint density at radius 3 is 2.85 bits per heavy atom. The highest BCUT2D eigenvalue weighted by molar-refractivity contribution is 7.71. The van der Waals surface area contributed by atoms with Gasteiger partial charge in [0.05, 0.1) is 5.69 Å². The van der Waals surface area contributed by atoms with E-state index in [1.54, 1.807) is 4.68 Å². The molecule has 6 nitrogen and oxygen atoms in total. The zero-order chi connectivity index (χ0) is 14.9. The van der Waals surface area contributed by atoms with Crippen LogP contribution < -0.4 is 5.32 Å². The summed E-state index contributed by atoms with van der Waals surface area (Å²) in [7, 11) is 1.88. The molecule has 110 valence electrons. The Morgan fingerprint density at radius 2 is 2.20 bits per heavy atom. The van der Waals surface area contributed by atoms with Crippen LogP contribution in [0.4, 0.5) is 0 Å². The first-order valence-electron chi connectivity index (χ1n) is 6.79. The third kappa shape index (κ3) is 2.92. The summed E-state index contributed by atoms with van der Waals surface area (Å²) in [5.41, 5.74) is 2.79. The summed E-state index contributed by atoms with van der Waals surface area (Å²) >= 11 is 5.32. The number of carbonyl (C=O) groups is 1. The third-order valence-electron chi connectivity index (χ3n) is 3.19. The van der Waals surface area contributed by atoms with Crippen molar-refractivity contribution in [2.24, 2.45) is 13.0 Å². The SMILES string of the molecule is Cc1nn(C)c2c1[nH]c(=S)n2CCC(=O)NCC(C)C. The summed E-state index contributed by atoms with van der Waals surface area (Å²) in [6.45, 7) is 7.35. The van der Waals surface area contributed by atoms with Crippen LogP contribution in [0.3, 0.4) is 0 Å². The van der Waals surface area contributed by atoms with Gasteiger partial charge in [0.1, 0.15) is 5.52 Å². The molecule has 2 heterocycles. The smallest absolute Gasteiger partial charge is 0.221 e. The standard InChI is InChI=1S/C13H21N5OS/c1-8(2)7-14-10(19)5-6-18-12-11(15-13(18)20)9(3)16-17(12)4/h8H,5-7H2,1-4H3,(H,14,19)(H,15,20). The molecule has 0 saturated carbocycles. The van der Waals surface area contributed by atoms with Crippen molar-refractivity contribution in [2.75, 3.05) is 6.54 Å². The maximum atomic E-state index is 11.8. The number of hydrogen-bond acceptors (Lipinski definition) is 3.